The smallest absolute Gasteiger partial charge is 0.305 e. The van der Waals surface area contributed by atoms with Gasteiger partial charge in [0.2, 0.25) is 0 Å². The Morgan fingerprint density at radius 2 is 1.74 bits per heavy atom. The molecule has 0 aromatic heterocycles. The topological polar surface area (TPSA) is 90.6 Å². The number of hydrogen-bond acceptors (Lipinski definition) is 4. The van der Waals surface area contributed by atoms with Crippen molar-refractivity contribution in [1.82, 2.24) is 4.90 Å². The van der Waals surface area contributed by atoms with E-state index in [0.29, 0.717) is 29.0 Å². The number of nitriles is 1. The number of fused-ring (bicyclic) bond motifs is 2. The lowest BCUT2D eigenvalue weighted by Gasteiger charge is -2.24. The van der Waals surface area contributed by atoms with E-state index in [2.05, 4.69) is 6.07 Å². The van der Waals surface area contributed by atoms with Gasteiger partial charge in [-0.05, 0) is 57.8 Å². The molecule has 35 heavy (non-hydrogen) atoms. The maximum Gasteiger partial charge on any atom is 0.305 e. The zero-order valence-electron chi connectivity index (χ0n) is 18.8. The Bertz CT molecular complexity index is 1490. The molecule has 5 rings (SSSR count). The molecule has 6 nitrogen and oxygen atoms in total. The standard InChI is InChI=1S/C29H22N2O4/c30-16-19-4-3-7-24(13-19)35-18-21-9-11-25-26(14-21)29(34)31(27(25)15-28(32)33)17-20-8-10-22-5-1-2-6-23(22)12-20/h1-14,27H,15,17-18H2,(H,32,33). The van der Waals surface area contributed by atoms with Crippen molar-refractivity contribution in [3.05, 3.63) is 113 Å². The Morgan fingerprint density at radius 1 is 0.943 bits per heavy atom. The van der Waals surface area contributed by atoms with E-state index in [1.807, 2.05) is 54.6 Å². The highest BCUT2D eigenvalue weighted by atomic mass is 16.5. The predicted molar refractivity (Wildman–Crippen MR) is 131 cm³/mol. The first kappa shape index (κ1) is 22.2. The van der Waals surface area contributed by atoms with Crippen molar-refractivity contribution in [3.63, 3.8) is 0 Å². The highest BCUT2D eigenvalue weighted by Crippen LogP contribution is 2.38. The van der Waals surface area contributed by atoms with Crippen LogP contribution in [0, 0.1) is 11.3 Å². The Balaban J connectivity index is 1.40. The van der Waals surface area contributed by atoms with E-state index in [9.17, 15) is 14.7 Å². The van der Waals surface area contributed by atoms with Crippen LogP contribution in [0.1, 0.15) is 45.1 Å². The summed E-state index contributed by atoms with van der Waals surface area (Å²) in [6.07, 6.45) is -0.164. The summed E-state index contributed by atoms with van der Waals surface area (Å²) in [5.74, 6) is -0.575. The van der Waals surface area contributed by atoms with Crippen LogP contribution in [0.3, 0.4) is 0 Å². The van der Waals surface area contributed by atoms with Crippen molar-refractivity contribution in [2.45, 2.75) is 25.6 Å². The van der Waals surface area contributed by atoms with Gasteiger partial charge in [0.25, 0.3) is 5.91 Å². The average Bonchev–Trinajstić information content (AvgIpc) is 3.12. The van der Waals surface area contributed by atoms with Gasteiger partial charge < -0.3 is 14.7 Å². The molecule has 4 aromatic carbocycles. The Hall–Kier alpha value is -4.63. The molecule has 1 aliphatic rings. The summed E-state index contributed by atoms with van der Waals surface area (Å²) < 4.78 is 5.81. The predicted octanol–water partition coefficient (Wildman–Crippen LogP) is 5.46. The molecule has 6 heteroatoms. The first-order valence-corrected chi connectivity index (χ1v) is 11.3. The molecule has 1 unspecified atom stereocenters. The van der Waals surface area contributed by atoms with Crippen molar-refractivity contribution in [2.75, 3.05) is 0 Å². The van der Waals surface area contributed by atoms with Crippen LogP contribution in [0.4, 0.5) is 0 Å². The molecular weight excluding hydrogens is 440 g/mol. The molecule has 1 atom stereocenters. The quantitative estimate of drug-likeness (QED) is 0.394. The van der Waals surface area contributed by atoms with Crippen molar-refractivity contribution >= 4 is 22.6 Å². The Labute approximate surface area is 202 Å². The van der Waals surface area contributed by atoms with Crippen molar-refractivity contribution < 1.29 is 19.4 Å². The van der Waals surface area contributed by atoms with E-state index in [0.717, 1.165) is 21.9 Å². The number of benzene rings is 4. The van der Waals surface area contributed by atoms with Crippen molar-refractivity contribution in [1.29, 1.82) is 5.26 Å². The second-order valence-corrected chi connectivity index (χ2v) is 8.58. The maximum atomic E-state index is 13.4. The van der Waals surface area contributed by atoms with Crippen molar-refractivity contribution in [3.8, 4) is 11.8 Å². The molecule has 0 aliphatic carbocycles. The summed E-state index contributed by atoms with van der Waals surface area (Å²) >= 11 is 0. The summed E-state index contributed by atoms with van der Waals surface area (Å²) in [6.45, 7) is 0.548. The van der Waals surface area contributed by atoms with Gasteiger partial charge in [0.1, 0.15) is 12.4 Å². The van der Waals surface area contributed by atoms with Gasteiger partial charge in [-0.25, -0.2) is 0 Å². The number of hydrogen-bond donors (Lipinski definition) is 1. The molecule has 0 saturated carbocycles. The van der Waals surface area contributed by atoms with Crippen LogP contribution in [0.15, 0.2) is 84.9 Å². The summed E-state index contributed by atoms with van der Waals surface area (Å²) in [5, 5.41) is 20.8. The van der Waals surface area contributed by atoms with Crippen LogP contribution in [-0.2, 0) is 17.9 Å². The lowest BCUT2D eigenvalue weighted by Crippen LogP contribution is -2.29. The largest absolute Gasteiger partial charge is 0.489 e. The van der Waals surface area contributed by atoms with Gasteiger partial charge in [-0.1, -0.05) is 54.6 Å². The van der Waals surface area contributed by atoms with Crippen LogP contribution < -0.4 is 4.74 Å². The lowest BCUT2D eigenvalue weighted by atomic mass is 10.00. The molecule has 0 fully saturated rings. The van der Waals surface area contributed by atoms with Gasteiger partial charge >= 0.3 is 5.97 Å². The van der Waals surface area contributed by atoms with Gasteiger partial charge in [0.15, 0.2) is 0 Å². The fraction of sp³-hybridized carbons (Fsp3) is 0.138. The fourth-order valence-corrected chi connectivity index (χ4v) is 4.56. The van der Waals surface area contributed by atoms with E-state index < -0.39 is 12.0 Å². The lowest BCUT2D eigenvalue weighted by molar-refractivity contribution is -0.138. The number of ether oxygens (including phenoxy) is 1. The summed E-state index contributed by atoms with van der Waals surface area (Å²) in [6, 6.07) is 27.9. The third kappa shape index (κ3) is 4.57. The highest BCUT2D eigenvalue weighted by Gasteiger charge is 2.38. The minimum atomic E-state index is -0.955. The summed E-state index contributed by atoms with van der Waals surface area (Å²) in [4.78, 5) is 26.7. The Morgan fingerprint density at radius 3 is 2.54 bits per heavy atom. The van der Waals surface area contributed by atoms with E-state index in [1.54, 1.807) is 35.2 Å². The van der Waals surface area contributed by atoms with Crippen LogP contribution >= 0.6 is 0 Å². The first-order chi connectivity index (χ1) is 17.0. The fourth-order valence-electron chi connectivity index (χ4n) is 4.56. The number of carboxylic acids is 1. The second kappa shape index (κ2) is 9.32. The normalized spacial score (nSPS) is 14.5. The zero-order chi connectivity index (χ0) is 24.4. The number of carbonyl (C=O) groups is 2. The third-order valence-electron chi connectivity index (χ3n) is 6.25. The molecule has 172 valence electrons. The molecule has 0 bridgehead atoms. The number of nitrogens with zero attached hydrogens (tertiary/aromatic N) is 2. The highest BCUT2D eigenvalue weighted by molar-refractivity contribution is 6.00. The van der Waals surface area contributed by atoms with Gasteiger partial charge in [0, 0.05) is 12.1 Å². The van der Waals surface area contributed by atoms with Crippen LogP contribution in [0.2, 0.25) is 0 Å². The van der Waals surface area contributed by atoms with Crippen molar-refractivity contribution in [2.24, 2.45) is 0 Å². The SMILES string of the molecule is N#Cc1cccc(OCc2ccc3c(c2)C(=O)N(Cc2ccc4ccccc4c2)C3CC(=O)O)c1. The van der Waals surface area contributed by atoms with E-state index in [4.69, 9.17) is 10.00 Å². The molecule has 4 aromatic rings. The van der Waals surface area contributed by atoms with Gasteiger partial charge in [0.05, 0.1) is 24.1 Å². The van der Waals surface area contributed by atoms with Crippen LogP contribution in [0.5, 0.6) is 5.75 Å². The number of carboxylic acid groups (broad SMARTS) is 1. The minimum absolute atomic E-state index is 0.164. The van der Waals surface area contributed by atoms with E-state index in [-0.39, 0.29) is 18.9 Å². The van der Waals surface area contributed by atoms with E-state index >= 15 is 0 Å². The average molecular weight is 463 g/mol. The van der Waals surface area contributed by atoms with Crippen LogP contribution in [0.25, 0.3) is 10.8 Å². The van der Waals surface area contributed by atoms with Gasteiger partial charge in [-0.2, -0.15) is 5.26 Å². The Kier molecular flexibility index (Phi) is 5.90. The number of carbonyl (C=O) groups excluding carboxylic acids is 1. The number of aliphatic carboxylic acids is 1. The molecule has 0 radical (unpaired) electrons. The number of amides is 1. The maximum absolute atomic E-state index is 13.4. The van der Waals surface area contributed by atoms with Gasteiger partial charge in [-0.15, -0.1) is 0 Å². The molecule has 0 saturated heterocycles. The molecule has 1 amide bonds. The minimum Gasteiger partial charge on any atom is -0.489 e. The van der Waals surface area contributed by atoms with E-state index in [1.165, 1.54) is 0 Å². The van der Waals surface area contributed by atoms with Gasteiger partial charge in [-0.3, -0.25) is 9.59 Å². The third-order valence-corrected chi connectivity index (χ3v) is 6.25. The molecule has 0 spiro atoms. The second-order valence-electron chi connectivity index (χ2n) is 8.58. The molecular formula is C29H22N2O4. The molecule has 1 aliphatic heterocycles. The molecule has 1 heterocycles. The number of rotatable bonds is 7. The first-order valence-electron chi connectivity index (χ1n) is 11.3. The monoisotopic (exact) mass is 462 g/mol. The van der Waals surface area contributed by atoms with Crippen LogP contribution in [-0.4, -0.2) is 21.9 Å². The summed E-state index contributed by atoms with van der Waals surface area (Å²) in [5.41, 5.74) is 3.46. The molecule has 1 N–H and O–H groups in total. The zero-order valence-corrected chi connectivity index (χ0v) is 18.8. The summed E-state index contributed by atoms with van der Waals surface area (Å²) in [7, 11) is 0.